The lowest BCUT2D eigenvalue weighted by Crippen LogP contribution is -2.44. The predicted molar refractivity (Wildman–Crippen MR) is 98.4 cm³/mol. The van der Waals surface area contributed by atoms with E-state index < -0.39 is 0 Å². The molecule has 2 aliphatic heterocycles. The number of piperidine rings is 2. The van der Waals surface area contributed by atoms with Crippen molar-refractivity contribution in [3.63, 3.8) is 0 Å². The number of nitrogens with zero attached hydrogens (tertiary/aromatic N) is 4. The van der Waals surface area contributed by atoms with Crippen molar-refractivity contribution < 1.29 is 0 Å². The highest BCUT2D eigenvalue weighted by molar-refractivity contribution is 5.99. The normalized spacial score (nSPS) is 25.2. The number of rotatable bonds is 2. The quantitative estimate of drug-likeness (QED) is 0.870. The van der Waals surface area contributed by atoms with Gasteiger partial charge in [0.1, 0.15) is 0 Å². The minimum absolute atomic E-state index is 0.221. The van der Waals surface area contributed by atoms with E-state index in [1.807, 2.05) is 0 Å². The van der Waals surface area contributed by atoms with Crippen molar-refractivity contribution in [2.45, 2.75) is 37.8 Å². The first-order valence-electron chi connectivity index (χ1n) is 8.99. The van der Waals surface area contributed by atoms with Gasteiger partial charge in [-0.15, -0.1) is 10.2 Å². The molecule has 1 aromatic carbocycles. The van der Waals surface area contributed by atoms with Crippen LogP contribution in [-0.2, 0) is 0 Å². The van der Waals surface area contributed by atoms with Crippen molar-refractivity contribution in [1.29, 1.82) is 0 Å². The minimum atomic E-state index is 0.221. The molecule has 2 unspecified atom stereocenters. The number of benzene rings is 1. The summed E-state index contributed by atoms with van der Waals surface area (Å²) < 4.78 is 0. The number of hydrogen-bond acceptors (Lipinski definition) is 6. The van der Waals surface area contributed by atoms with Crippen LogP contribution < -0.4 is 21.3 Å². The van der Waals surface area contributed by atoms with Gasteiger partial charge >= 0.3 is 0 Å². The molecule has 2 saturated heterocycles. The van der Waals surface area contributed by atoms with Crippen molar-refractivity contribution in [1.82, 2.24) is 10.2 Å². The van der Waals surface area contributed by atoms with E-state index in [1.165, 1.54) is 0 Å². The predicted octanol–water partition coefficient (Wildman–Crippen LogP) is 1.48. The van der Waals surface area contributed by atoms with Gasteiger partial charge in [-0.05, 0) is 25.7 Å². The summed E-state index contributed by atoms with van der Waals surface area (Å²) in [6.45, 7) is 3.71. The number of nitrogens with two attached hydrogens (primary N) is 2. The second-order valence-corrected chi connectivity index (χ2v) is 7.09. The zero-order valence-corrected chi connectivity index (χ0v) is 14.1. The van der Waals surface area contributed by atoms with Crippen LogP contribution in [0.2, 0.25) is 0 Å². The highest BCUT2D eigenvalue weighted by Crippen LogP contribution is 2.32. The maximum absolute atomic E-state index is 6.16. The standard InChI is InChI=1S/C18H26N6/c19-13-5-3-9-23(11-13)17-15-7-1-2-8-16(15)18(22-21-17)24-10-4-6-14(20)12-24/h1-2,7-8,13-14H,3-6,9-12,19-20H2. The van der Waals surface area contributed by atoms with Crippen molar-refractivity contribution >= 4 is 22.4 Å². The highest BCUT2D eigenvalue weighted by atomic mass is 15.3. The van der Waals surface area contributed by atoms with Crippen molar-refractivity contribution in [2.75, 3.05) is 36.0 Å². The van der Waals surface area contributed by atoms with Crippen LogP contribution in [-0.4, -0.2) is 48.5 Å². The minimum Gasteiger partial charge on any atom is -0.353 e. The Labute approximate surface area is 142 Å². The van der Waals surface area contributed by atoms with E-state index in [0.717, 1.165) is 74.3 Å². The molecule has 0 saturated carbocycles. The maximum atomic E-state index is 6.16. The summed E-state index contributed by atoms with van der Waals surface area (Å²) in [5, 5.41) is 11.5. The Kier molecular flexibility index (Phi) is 4.24. The molecule has 2 aliphatic rings. The molecule has 6 heteroatoms. The summed E-state index contributed by atoms with van der Waals surface area (Å²) in [4.78, 5) is 4.57. The average molecular weight is 326 g/mol. The van der Waals surface area contributed by atoms with Gasteiger partial charge in [0.05, 0.1) is 0 Å². The molecule has 1 aromatic heterocycles. The second kappa shape index (κ2) is 6.53. The molecule has 0 aliphatic carbocycles. The first kappa shape index (κ1) is 15.6. The van der Waals surface area contributed by atoms with Crippen molar-refractivity contribution in [3.8, 4) is 0 Å². The van der Waals surface area contributed by atoms with Gasteiger partial charge in [-0.25, -0.2) is 0 Å². The first-order chi connectivity index (χ1) is 11.7. The molecule has 128 valence electrons. The lowest BCUT2D eigenvalue weighted by atomic mass is 10.0. The number of aromatic nitrogens is 2. The Morgan fingerprint density at radius 2 is 1.25 bits per heavy atom. The zero-order chi connectivity index (χ0) is 16.5. The molecule has 24 heavy (non-hydrogen) atoms. The van der Waals surface area contributed by atoms with Crippen LogP contribution in [0.15, 0.2) is 24.3 Å². The molecule has 2 aromatic rings. The summed E-state index contributed by atoms with van der Waals surface area (Å²) in [5.41, 5.74) is 12.3. The zero-order valence-electron chi connectivity index (χ0n) is 14.1. The van der Waals surface area contributed by atoms with Crippen molar-refractivity contribution in [3.05, 3.63) is 24.3 Å². The largest absolute Gasteiger partial charge is 0.353 e. The first-order valence-corrected chi connectivity index (χ1v) is 8.99. The molecule has 2 fully saturated rings. The molecular weight excluding hydrogens is 300 g/mol. The summed E-state index contributed by atoms with van der Waals surface area (Å²) in [6, 6.07) is 8.88. The van der Waals surface area contributed by atoms with Gasteiger partial charge in [0, 0.05) is 49.0 Å². The number of anilines is 2. The lowest BCUT2D eigenvalue weighted by molar-refractivity contribution is 0.498. The van der Waals surface area contributed by atoms with E-state index in [2.05, 4.69) is 44.3 Å². The maximum Gasteiger partial charge on any atom is 0.159 e. The molecular formula is C18H26N6. The average Bonchev–Trinajstić information content (AvgIpc) is 2.61. The van der Waals surface area contributed by atoms with Crippen LogP contribution in [0.25, 0.3) is 10.8 Å². The Bertz CT molecular complexity index is 657. The summed E-state index contributed by atoms with van der Waals surface area (Å²) in [5.74, 6) is 1.93. The van der Waals surface area contributed by atoms with Gasteiger partial charge in [0.2, 0.25) is 0 Å². The third-order valence-corrected chi connectivity index (χ3v) is 5.16. The fraction of sp³-hybridized carbons (Fsp3) is 0.556. The number of fused-ring (bicyclic) bond motifs is 1. The molecule has 0 spiro atoms. The Hall–Kier alpha value is -1.92. The van der Waals surface area contributed by atoms with Gasteiger partial charge in [0.15, 0.2) is 11.6 Å². The third-order valence-electron chi connectivity index (χ3n) is 5.16. The van der Waals surface area contributed by atoms with Crippen molar-refractivity contribution in [2.24, 2.45) is 11.5 Å². The summed E-state index contributed by atoms with van der Waals surface area (Å²) in [7, 11) is 0. The van der Waals surface area contributed by atoms with E-state index in [4.69, 9.17) is 11.5 Å². The van der Waals surface area contributed by atoms with Gasteiger partial charge in [-0.2, -0.15) is 0 Å². The lowest BCUT2D eigenvalue weighted by Gasteiger charge is -2.34. The molecule has 4 rings (SSSR count). The van der Waals surface area contributed by atoms with Gasteiger partial charge in [-0.3, -0.25) is 0 Å². The Balaban J connectivity index is 1.74. The fourth-order valence-electron chi connectivity index (χ4n) is 3.95. The number of hydrogen-bond donors (Lipinski definition) is 2. The summed E-state index contributed by atoms with van der Waals surface area (Å²) >= 11 is 0. The van der Waals surface area contributed by atoms with Crippen LogP contribution in [0.5, 0.6) is 0 Å². The topological polar surface area (TPSA) is 84.3 Å². The van der Waals surface area contributed by atoms with E-state index >= 15 is 0 Å². The molecule has 4 N–H and O–H groups in total. The third kappa shape index (κ3) is 2.91. The van der Waals surface area contributed by atoms with E-state index in [-0.39, 0.29) is 12.1 Å². The molecule has 0 bridgehead atoms. The van der Waals surface area contributed by atoms with Crippen LogP contribution in [0.1, 0.15) is 25.7 Å². The Morgan fingerprint density at radius 1 is 0.792 bits per heavy atom. The van der Waals surface area contributed by atoms with Crippen LogP contribution in [0.3, 0.4) is 0 Å². The molecule has 2 atom stereocenters. The smallest absolute Gasteiger partial charge is 0.159 e. The second-order valence-electron chi connectivity index (χ2n) is 7.09. The molecule has 6 nitrogen and oxygen atoms in total. The van der Waals surface area contributed by atoms with Gasteiger partial charge in [-0.1, -0.05) is 24.3 Å². The SMILES string of the molecule is NC1CCCN(c2nnc(N3CCCC(N)C3)c3ccccc23)C1. The van der Waals surface area contributed by atoms with Crippen LogP contribution in [0.4, 0.5) is 11.6 Å². The molecule has 3 heterocycles. The van der Waals surface area contributed by atoms with Crippen LogP contribution >= 0.6 is 0 Å². The van der Waals surface area contributed by atoms with Gasteiger partial charge in [0.25, 0.3) is 0 Å². The molecule has 0 amide bonds. The summed E-state index contributed by atoms with van der Waals surface area (Å²) in [6.07, 6.45) is 4.40. The van der Waals surface area contributed by atoms with E-state index in [0.29, 0.717) is 0 Å². The molecule has 0 radical (unpaired) electrons. The van der Waals surface area contributed by atoms with Crippen LogP contribution in [0, 0.1) is 0 Å². The highest BCUT2D eigenvalue weighted by Gasteiger charge is 2.24. The van der Waals surface area contributed by atoms with E-state index in [1.54, 1.807) is 0 Å². The Morgan fingerprint density at radius 3 is 1.67 bits per heavy atom. The van der Waals surface area contributed by atoms with Gasteiger partial charge < -0.3 is 21.3 Å². The monoisotopic (exact) mass is 326 g/mol. The van der Waals surface area contributed by atoms with E-state index in [9.17, 15) is 0 Å². The fourth-order valence-corrected chi connectivity index (χ4v) is 3.95.